The molecule has 0 spiro atoms. The average Bonchev–Trinajstić information content (AvgIpc) is 2.73. The van der Waals surface area contributed by atoms with Crippen molar-refractivity contribution in [1.82, 2.24) is 16.0 Å². The number of hydrogen-bond acceptors (Lipinski definition) is 7. The van der Waals surface area contributed by atoms with E-state index in [9.17, 15) is 29.1 Å². The summed E-state index contributed by atoms with van der Waals surface area (Å²) in [6.07, 6.45) is 1.60. The molecule has 0 aliphatic heterocycles. The Hall–Kier alpha value is -2.73. The van der Waals surface area contributed by atoms with Crippen LogP contribution in [0, 0.1) is 11.8 Å². The molecule has 0 aromatic heterocycles. The first-order valence-corrected chi connectivity index (χ1v) is 11.7. The van der Waals surface area contributed by atoms with Gasteiger partial charge in [0.05, 0.1) is 6.04 Å². The lowest BCUT2D eigenvalue weighted by Gasteiger charge is -2.27. The van der Waals surface area contributed by atoms with Gasteiger partial charge in [0.1, 0.15) is 18.1 Å². The number of unbranched alkanes of at least 4 members (excludes halogenated alkanes) is 1. The molecule has 0 aliphatic rings. The summed E-state index contributed by atoms with van der Waals surface area (Å²) >= 11 is 0. The Balaban J connectivity index is 5.41. The maximum atomic E-state index is 13.0. The van der Waals surface area contributed by atoms with Crippen molar-refractivity contribution in [2.24, 2.45) is 29.0 Å². The predicted octanol–water partition coefficient (Wildman–Crippen LogP) is -1.05. The minimum absolute atomic E-state index is 0.0319. The molecule has 0 radical (unpaired) electrons. The number of primary amides is 1. The van der Waals surface area contributed by atoms with Crippen LogP contribution < -0.4 is 33.2 Å². The second-order valence-electron chi connectivity index (χ2n) is 9.22. The molecule has 4 amide bonds. The zero-order valence-electron chi connectivity index (χ0n) is 20.6. The Morgan fingerprint density at radius 1 is 0.824 bits per heavy atom. The van der Waals surface area contributed by atoms with Crippen molar-refractivity contribution in [3.63, 3.8) is 0 Å². The van der Waals surface area contributed by atoms with Crippen LogP contribution in [0.25, 0.3) is 0 Å². The Labute approximate surface area is 201 Å². The molecule has 0 heterocycles. The fraction of sp³-hybridized carbons (Fsp3) is 0.773. The molecular formula is C22H42N6O6. The summed E-state index contributed by atoms with van der Waals surface area (Å²) in [5.74, 6) is -3.91. The summed E-state index contributed by atoms with van der Waals surface area (Å²) in [6, 6.07) is -4.12. The van der Waals surface area contributed by atoms with Gasteiger partial charge in [0, 0.05) is 6.42 Å². The van der Waals surface area contributed by atoms with Crippen molar-refractivity contribution in [3.8, 4) is 0 Å². The summed E-state index contributed by atoms with van der Waals surface area (Å²) in [7, 11) is 0. The number of nitrogens with one attached hydrogen (secondary N) is 3. The number of carbonyl (C=O) groups is 5. The molecule has 0 rings (SSSR count). The Kier molecular flexibility index (Phi) is 14.7. The number of carboxylic acids is 1. The van der Waals surface area contributed by atoms with E-state index in [1.54, 1.807) is 13.8 Å². The summed E-state index contributed by atoms with van der Waals surface area (Å²) < 4.78 is 0. The fourth-order valence-corrected chi connectivity index (χ4v) is 3.21. The van der Waals surface area contributed by atoms with Gasteiger partial charge in [0.15, 0.2) is 0 Å². The van der Waals surface area contributed by atoms with Crippen molar-refractivity contribution < 1.29 is 29.1 Å². The third-order valence-electron chi connectivity index (χ3n) is 5.19. The lowest BCUT2D eigenvalue weighted by atomic mass is 10.00. The molecule has 0 bridgehead atoms. The van der Waals surface area contributed by atoms with Crippen LogP contribution in [0.15, 0.2) is 0 Å². The van der Waals surface area contributed by atoms with Gasteiger partial charge < -0.3 is 38.3 Å². The number of amides is 4. The molecule has 0 saturated heterocycles. The molecule has 0 aliphatic carbocycles. The van der Waals surface area contributed by atoms with E-state index in [2.05, 4.69) is 16.0 Å². The van der Waals surface area contributed by atoms with E-state index in [1.165, 1.54) is 0 Å². The van der Waals surface area contributed by atoms with Crippen molar-refractivity contribution >= 4 is 29.6 Å². The van der Waals surface area contributed by atoms with E-state index in [4.69, 9.17) is 17.2 Å². The molecule has 12 nitrogen and oxygen atoms in total. The van der Waals surface area contributed by atoms with Gasteiger partial charge in [0.2, 0.25) is 23.6 Å². The Morgan fingerprint density at radius 3 is 1.88 bits per heavy atom. The number of carbonyl (C=O) groups excluding carboxylic acids is 4. The number of aliphatic carboxylic acids is 1. The van der Waals surface area contributed by atoms with Gasteiger partial charge >= 0.3 is 5.97 Å². The predicted molar refractivity (Wildman–Crippen MR) is 127 cm³/mol. The lowest BCUT2D eigenvalue weighted by molar-refractivity contribution is -0.143. The quantitative estimate of drug-likeness (QED) is 0.125. The molecule has 4 atom stereocenters. The van der Waals surface area contributed by atoms with E-state index in [-0.39, 0.29) is 37.5 Å². The zero-order valence-corrected chi connectivity index (χ0v) is 20.6. The van der Waals surface area contributed by atoms with Gasteiger partial charge in [-0.3, -0.25) is 19.2 Å². The van der Waals surface area contributed by atoms with Crippen LogP contribution >= 0.6 is 0 Å². The second-order valence-corrected chi connectivity index (χ2v) is 9.22. The fourth-order valence-electron chi connectivity index (χ4n) is 3.21. The maximum absolute atomic E-state index is 13.0. The normalized spacial score (nSPS) is 14.7. The third kappa shape index (κ3) is 12.5. The van der Waals surface area contributed by atoms with Gasteiger partial charge in [-0.15, -0.1) is 0 Å². The van der Waals surface area contributed by atoms with E-state index < -0.39 is 53.8 Å². The third-order valence-corrected chi connectivity index (χ3v) is 5.19. The molecule has 12 heteroatoms. The molecule has 0 saturated carbocycles. The molecule has 0 aromatic carbocycles. The minimum Gasteiger partial charge on any atom is -0.480 e. The van der Waals surface area contributed by atoms with Crippen molar-refractivity contribution in [2.75, 3.05) is 6.54 Å². The molecule has 10 N–H and O–H groups in total. The summed E-state index contributed by atoms with van der Waals surface area (Å²) in [4.78, 5) is 60.7. The van der Waals surface area contributed by atoms with Crippen LogP contribution in [0.3, 0.4) is 0 Å². The Bertz CT molecular complexity index is 699. The standard InChI is InChI=1S/C22H42N6O6/c1-12(2)11-16(22(33)34)27-20(31)15(7-5-6-10-23)26-21(32)18(13(3)4)28-19(30)14(24)8-9-17(25)29/h12-16,18H,5-11,23-24H2,1-4H3,(H2,25,29)(H,26,32)(H,27,31)(H,28,30)(H,33,34). The molecule has 0 aromatic rings. The first-order valence-electron chi connectivity index (χ1n) is 11.7. The monoisotopic (exact) mass is 486 g/mol. The van der Waals surface area contributed by atoms with Crippen molar-refractivity contribution in [3.05, 3.63) is 0 Å². The highest BCUT2D eigenvalue weighted by atomic mass is 16.4. The SMILES string of the molecule is CC(C)CC(NC(=O)C(CCCCN)NC(=O)C(NC(=O)C(N)CCC(N)=O)C(C)C)C(=O)O. The van der Waals surface area contributed by atoms with Gasteiger partial charge in [-0.1, -0.05) is 27.7 Å². The molecule has 4 unspecified atom stereocenters. The largest absolute Gasteiger partial charge is 0.480 e. The average molecular weight is 487 g/mol. The first kappa shape index (κ1) is 31.3. The van der Waals surface area contributed by atoms with E-state index >= 15 is 0 Å². The van der Waals surface area contributed by atoms with E-state index in [0.29, 0.717) is 19.4 Å². The highest BCUT2D eigenvalue weighted by Gasteiger charge is 2.31. The van der Waals surface area contributed by atoms with Gasteiger partial charge in [-0.2, -0.15) is 0 Å². The van der Waals surface area contributed by atoms with Gasteiger partial charge in [-0.05, 0) is 50.5 Å². The van der Waals surface area contributed by atoms with Gasteiger partial charge in [-0.25, -0.2) is 4.79 Å². The van der Waals surface area contributed by atoms with Crippen molar-refractivity contribution in [1.29, 1.82) is 0 Å². The van der Waals surface area contributed by atoms with Crippen molar-refractivity contribution in [2.45, 2.75) is 90.4 Å². The van der Waals surface area contributed by atoms with Crippen LogP contribution in [0.4, 0.5) is 0 Å². The molecular weight excluding hydrogens is 444 g/mol. The van der Waals surface area contributed by atoms with Gasteiger partial charge in [0.25, 0.3) is 0 Å². The number of carboxylic acid groups (broad SMARTS) is 1. The second kappa shape index (κ2) is 16.0. The number of hydrogen-bond donors (Lipinski definition) is 7. The topological polar surface area (TPSA) is 220 Å². The molecule has 196 valence electrons. The first-order chi connectivity index (χ1) is 15.8. The molecule has 34 heavy (non-hydrogen) atoms. The summed E-state index contributed by atoms with van der Waals surface area (Å²) in [5.41, 5.74) is 16.4. The lowest BCUT2D eigenvalue weighted by Crippen LogP contribution is -2.58. The van der Waals surface area contributed by atoms with Crippen LogP contribution in [-0.4, -0.2) is 65.4 Å². The maximum Gasteiger partial charge on any atom is 0.326 e. The van der Waals surface area contributed by atoms with E-state index in [1.807, 2.05) is 13.8 Å². The summed E-state index contributed by atoms with van der Waals surface area (Å²) in [5, 5.41) is 17.1. The van der Waals surface area contributed by atoms with E-state index in [0.717, 1.165) is 0 Å². The highest BCUT2D eigenvalue weighted by Crippen LogP contribution is 2.09. The summed E-state index contributed by atoms with van der Waals surface area (Å²) in [6.45, 7) is 7.51. The van der Waals surface area contributed by atoms with Crippen LogP contribution in [0.1, 0.15) is 66.2 Å². The zero-order chi connectivity index (χ0) is 26.4. The van der Waals surface area contributed by atoms with Crippen LogP contribution in [0.2, 0.25) is 0 Å². The smallest absolute Gasteiger partial charge is 0.326 e. The highest BCUT2D eigenvalue weighted by molar-refractivity contribution is 5.94. The number of nitrogens with two attached hydrogens (primary N) is 3. The van der Waals surface area contributed by atoms with Crippen LogP contribution in [-0.2, 0) is 24.0 Å². The Morgan fingerprint density at radius 2 is 1.41 bits per heavy atom. The molecule has 0 fully saturated rings. The number of rotatable bonds is 17. The minimum atomic E-state index is -1.16. The van der Waals surface area contributed by atoms with Crippen LogP contribution in [0.5, 0.6) is 0 Å².